The SMILES string of the molecule is CN(Cc1ccccc1F)C(=O)CC(=O)O. The predicted molar refractivity (Wildman–Crippen MR) is 55.1 cm³/mol. The predicted octanol–water partition coefficient (Wildman–Crippen LogP) is 1.26. The quantitative estimate of drug-likeness (QED) is 0.785. The number of amides is 1. The number of carbonyl (C=O) groups excluding carboxylic acids is 1. The van der Waals surface area contributed by atoms with Crippen LogP contribution in [0, 0.1) is 5.82 Å². The van der Waals surface area contributed by atoms with Gasteiger partial charge in [0.1, 0.15) is 12.2 Å². The normalized spacial score (nSPS) is 9.88. The average molecular weight is 225 g/mol. The molecule has 0 aliphatic heterocycles. The largest absolute Gasteiger partial charge is 0.481 e. The van der Waals surface area contributed by atoms with E-state index in [1.165, 1.54) is 18.0 Å². The molecule has 0 spiro atoms. The molecule has 1 aromatic rings. The van der Waals surface area contributed by atoms with Gasteiger partial charge in [0.2, 0.25) is 5.91 Å². The van der Waals surface area contributed by atoms with E-state index in [4.69, 9.17) is 5.11 Å². The highest BCUT2D eigenvalue weighted by Crippen LogP contribution is 2.09. The Morgan fingerprint density at radius 3 is 2.56 bits per heavy atom. The van der Waals surface area contributed by atoms with E-state index < -0.39 is 24.1 Å². The first-order valence-corrected chi connectivity index (χ1v) is 4.70. The van der Waals surface area contributed by atoms with Crippen molar-refractivity contribution in [3.63, 3.8) is 0 Å². The van der Waals surface area contributed by atoms with Crippen LogP contribution in [0.5, 0.6) is 0 Å². The molecule has 1 N–H and O–H groups in total. The van der Waals surface area contributed by atoms with Gasteiger partial charge in [-0.1, -0.05) is 18.2 Å². The maximum Gasteiger partial charge on any atom is 0.312 e. The monoisotopic (exact) mass is 225 g/mol. The first-order chi connectivity index (χ1) is 7.50. The van der Waals surface area contributed by atoms with E-state index in [9.17, 15) is 14.0 Å². The summed E-state index contributed by atoms with van der Waals surface area (Å²) in [7, 11) is 1.44. The van der Waals surface area contributed by atoms with Crippen molar-refractivity contribution >= 4 is 11.9 Å². The number of benzene rings is 1. The van der Waals surface area contributed by atoms with Crippen molar-refractivity contribution in [2.75, 3.05) is 7.05 Å². The van der Waals surface area contributed by atoms with E-state index in [0.717, 1.165) is 0 Å². The molecule has 0 bridgehead atoms. The molecule has 1 aromatic carbocycles. The molecule has 0 heterocycles. The molecule has 0 aliphatic rings. The standard InChI is InChI=1S/C11H12FNO3/c1-13(10(14)6-11(15)16)7-8-4-2-3-5-9(8)12/h2-5H,6-7H2,1H3,(H,15,16). The summed E-state index contributed by atoms with van der Waals surface area (Å²) >= 11 is 0. The van der Waals surface area contributed by atoms with Crippen LogP contribution < -0.4 is 0 Å². The highest BCUT2D eigenvalue weighted by atomic mass is 19.1. The summed E-state index contributed by atoms with van der Waals surface area (Å²) in [5.41, 5.74) is 0.365. The Bertz CT molecular complexity index is 406. The van der Waals surface area contributed by atoms with E-state index in [1.807, 2.05) is 0 Å². The summed E-state index contributed by atoms with van der Waals surface area (Å²) in [6.45, 7) is 0.0682. The molecule has 16 heavy (non-hydrogen) atoms. The van der Waals surface area contributed by atoms with E-state index in [0.29, 0.717) is 5.56 Å². The Hall–Kier alpha value is -1.91. The maximum absolute atomic E-state index is 13.2. The molecule has 0 atom stereocenters. The zero-order chi connectivity index (χ0) is 12.1. The Morgan fingerprint density at radius 2 is 2.00 bits per heavy atom. The van der Waals surface area contributed by atoms with E-state index in [1.54, 1.807) is 18.2 Å². The van der Waals surface area contributed by atoms with Crippen LogP contribution in [0.2, 0.25) is 0 Å². The van der Waals surface area contributed by atoms with Gasteiger partial charge in [0, 0.05) is 19.2 Å². The van der Waals surface area contributed by atoms with E-state index >= 15 is 0 Å². The molecule has 0 unspecified atom stereocenters. The molecular formula is C11H12FNO3. The average Bonchev–Trinajstić information content (AvgIpc) is 2.20. The van der Waals surface area contributed by atoms with Crippen molar-refractivity contribution in [1.29, 1.82) is 0 Å². The number of hydrogen-bond donors (Lipinski definition) is 1. The second-order valence-corrected chi connectivity index (χ2v) is 3.41. The lowest BCUT2D eigenvalue weighted by Crippen LogP contribution is -2.28. The Balaban J connectivity index is 2.64. The number of hydrogen-bond acceptors (Lipinski definition) is 2. The highest BCUT2D eigenvalue weighted by molar-refractivity contribution is 5.93. The van der Waals surface area contributed by atoms with Crippen LogP contribution in [0.4, 0.5) is 4.39 Å². The molecule has 86 valence electrons. The molecule has 0 radical (unpaired) electrons. The van der Waals surface area contributed by atoms with Crippen LogP contribution in [0.25, 0.3) is 0 Å². The minimum Gasteiger partial charge on any atom is -0.481 e. The van der Waals surface area contributed by atoms with E-state index in [-0.39, 0.29) is 6.54 Å². The molecular weight excluding hydrogens is 213 g/mol. The number of carbonyl (C=O) groups is 2. The smallest absolute Gasteiger partial charge is 0.312 e. The van der Waals surface area contributed by atoms with Crippen LogP contribution >= 0.6 is 0 Å². The molecule has 0 fully saturated rings. The van der Waals surface area contributed by atoms with Crippen LogP contribution in [0.1, 0.15) is 12.0 Å². The van der Waals surface area contributed by atoms with Gasteiger partial charge in [-0.25, -0.2) is 4.39 Å². The van der Waals surface area contributed by atoms with Crippen molar-refractivity contribution in [2.45, 2.75) is 13.0 Å². The van der Waals surface area contributed by atoms with Gasteiger partial charge in [0.05, 0.1) is 0 Å². The van der Waals surface area contributed by atoms with E-state index in [2.05, 4.69) is 0 Å². The van der Waals surface area contributed by atoms with Gasteiger partial charge in [0.25, 0.3) is 0 Å². The summed E-state index contributed by atoms with van der Waals surface area (Å²) < 4.78 is 13.2. The zero-order valence-corrected chi connectivity index (χ0v) is 8.81. The molecule has 0 saturated heterocycles. The maximum atomic E-state index is 13.2. The Kier molecular flexibility index (Phi) is 3.99. The van der Waals surface area contributed by atoms with Gasteiger partial charge >= 0.3 is 5.97 Å². The molecule has 1 rings (SSSR count). The fourth-order valence-electron chi connectivity index (χ4n) is 1.23. The molecule has 5 heteroatoms. The van der Waals surface area contributed by atoms with Gasteiger partial charge in [-0.2, -0.15) is 0 Å². The Labute approximate surface area is 92.3 Å². The van der Waals surface area contributed by atoms with Crippen LogP contribution in [-0.2, 0) is 16.1 Å². The lowest BCUT2D eigenvalue weighted by molar-refractivity contribution is -0.143. The summed E-state index contributed by atoms with van der Waals surface area (Å²) in [4.78, 5) is 22.8. The Morgan fingerprint density at radius 1 is 1.38 bits per heavy atom. The van der Waals surface area contributed by atoms with Gasteiger partial charge < -0.3 is 10.0 Å². The summed E-state index contributed by atoms with van der Waals surface area (Å²) in [6, 6.07) is 6.07. The molecule has 0 aliphatic carbocycles. The molecule has 0 aromatic heterocycles. The fraction of sp³-hybridized carbons (Fsp3) is 0.273. The second kappa shape index (κ2) is 5.25. The molecule has 0 saturated carbocycles. The lowest BCUT2D eigenvalue weighted by atomic mass is 10.2. The third-order valence-corrected chi connectivity index (χ3v) is 2.09. The van der Waals surface area contributed by atoms with Crippen molar-refractivity contribution in [1.82, 2.24) is 4.90 Å². The lowest BCUT2D eigenvalue weighted by Gasteiger charge is -2.16. The summed E-state index contributed by atoms with van der Waals surface area (Å²) in [5.74, 6) is -2.14. The third-order valence-electron chi connectivity index (χ3n) is 2.09. The van der Waals surface area contributed by atoms with Crippen LogP contribution in [0.3, 0.4) is 0 Å². The zero-order valence-electron chi connectivity index (χ0n) is 8.81. The first kappa shape index (κ1) is 12.2. The van der Waals surface area contributed by atoms with Gasteiger partial charge in [0.15, 0.2) is 0 Å². The number of aliphatic carboxylic acids is 1. The van der Waals surface area contributed by atoms with Crippen molar-refractivity contribution < 1.29 is 19.1 Å². The third kappa shape index (κ3) is 3.34. The van der Waals surface area contributed by atoms with Crippen LogP contribution in [0.15, 0.2) is 24.3 Å². The highest BCUT2D eigenvalue weighted by Gasteiger charge is 2.14. The summed E-state index contributed by atoms with van der Waals surface area (Å²) in [6.07, 6.45) is -0.578. The van der Waals surface area contributed by atoms with Gasteiger partial charge in [-0.15, -0.1) is 0 Å². The second-order valence-electron chi connectivity index (χ2n) is 3.41. The first-order valence-electron chi connectivity index (χ1n) is 4.70. The van der Waals surface area contributed by atoms with Gasteiger partial charge in [-0.3, -0.25) is 9.59 Å². The van der Waals surface area contributed by atoms with Gasteiger partial charge in [-0.05, 0) is 6.07 Å². The summed E-state index contributed by atoms with van der Waals surface area (Å²) in [5, 5.41) is 8.43. The number of halogens is 1. The number of nitrogens with zero attached hydrogens (tertiary/aromatic N) is 1. The van der Waals surface area contributed by atoms with Crippen LogP contribution in [-0.4, -0.2) is 28.9 Å². The minimum absolute atomic E-state index is 0.0682. The van der Waals surface area contributed by atoms with Crippen molar-refractivity contribution in [3.05, 3.63) is 35.6 Å². The number of carboxylic acids is 1. The fourth-order valence-corrected chi connectivity index (χ4v) is 1.23. The van der Waals surface area contributed by atoms with Crippen molar-refractivity contribution in [2.24, 2.45) is 0 Å². The van der Waals surface area contributed by atoms with Crippen molar-refractivity contribution in [3.8, 4) is 0 Å². The molecule has 1 amide bonds. The minimum atomic E-state index is -1.19. The number of carboxylic acid groups (broad SMARTS) is 1. The topological polar surface area (TPSA) is 57.6 Å². The number of rotatable bonds is 4. The molecule has 4 nitrogen and oxygen atoms in total.